The Bertz CT molecular complexity index is 1340. The topological polar surface area (TPSA) is 135 Å². The number of H-pyrrole nitrogens is 1. The van der Waals surface area contributed by atoms with Gasteiger partial charge >= 0.3 is 0 Å². The molecule has 3 heterocycles. The molecule has 4 amide bonds. The van der Waals surface area contributed by atoms with E-state index in [1.165, 1.54) is 28.0 Å². The van der Waals surface area contributed by atoms with Crippen LogP contribution >= 0.6 is 11.8 Å². The number of carbonyl (C=O) groups is 4. The largest absolute Gasteiger partial charge is 0.508 e. The lowest BCUT2D eigenvalue weighted by atomic mass is 10.1. The summed E-state index contributed by atoms with van der Waals surface area (Å²) < 4.78 is 0. The molecule has 1 fully saturated rings. The Morgan fingerprint density at radius 3 is 2.39 bits per heavy atom. The highest BCUT2D eigenvalue weighted by atomic mass is 32.2. The molecule has 4 N–H and O–H groups in total. The van der Waals surface area contributed by atoms with E-state index in [1.54, 1.807) is 11.8 Å². The average Bonchev–Trinajstić information content (AvgIpc) is 3.71. The first-order valence-electron chi connectivity index (χ1n) is 16.0. The number of fused-ring (bicyclic) bond motifs is 1. The number of imide groups is 1. The number of thioether (sulfide) groups is 1. The van der Waals surface area contributed by atoms with Gasteiger partial charge in [-0.3, -0.25) is 29.0 Å². The summed E-state index contributed by atoms with van der Waals surface area (Å²) in [4.78, 5) is 54.6. The third-order valence-electron chi connectivity index (χ3n) is 8.61. The number of rotatable bonds is 18. The predicted molar refractivity (Wildman–Crippen MR) is 173 cm³/mol. The second kappa shape index (κ2) is 16.7. The third-order valence-corrected chi connectivity index (χ3v) is 9.37. The first-order valence-corrected chi connectivity index (χ1v) is 17.2. The van der Waals surface area contributed by atoms with Crippen LogP contribution in [0.2, 0.25) is 0 Å². The van der Waals surface area contributed by atoms with Crippen molar-refractivity contribution in [2.75, 3.05) is 39.0 Å². The lowest BCUT2D eigenvalue weighted by Gasteiger charge is -2.18. The number of benzene rings is 1. The monoisotopic (exact) mass is 625 g/mol. The second-order valence-corrected chi connectivity index (χ2v) is 12.6. The minimum absolute atomic E-state index is 0.0126. The molecule has 0 aliphatic carbocycles. The van der Waals surface area contributed by atoms with Crippen LogP contribution in [0.25, 0.3) is 10.9 Å². The Kier molecular flexibility index (Phi) is 12.7. The predicted octanol–water partition coefficient (Wildman–Crippen LogP) is 4.26. The van der Waals surface area contributed by atoms with Gasteiger partial charge in [0.05, 0.1) is 10.5 Å². The van der Waals surface area contributed by atoms with Crippen LogP contribution in [-0.2, 0) is 32.1 Å². The Labute approximate surface area is 264 Å². The minimum atomic E-state index is -0.263. The standard InChI is InChI=1S/C33H47N5O5S/c1-3-24-25-12-13-27(39)26(32(25)36-33(24)44-2)22-37-19-16-23(21-37)20-35-29(41)11-6-4-8-17-34-28(40)10-7-5-9-18-38-30(42)14-15-31(38)43/h12-15,23,36,39H,3-11,16-22H2,1-2H3,(H,34,40)(H,35,41)/t23-/m0/s1. The quantitative estimate of drug-likeness (QED) is 0.111. The number of hydrogen-bond donors (Lipinski definition) is 4. The first kappa shape index (κ1) is 33.6. The van der Waals surface area contributed by atoms with Crippen LogP contribution in [0.4, 0.5) is 0 Å². The molecule has 0 spiro atoms. The lowest BCUT2D eigenvalue weighted by Crippen LogP contribution is -2.31. The number of carbonyl (C=O) groups excluding carboxylic acids is 4. The van der Waals surface area contributed by atoms with Crippen molar-refractivity contribution in [1.29, 1.82) is 0 Å². The molecule has 4 rings (SSSR count). The summed E-state index contributed by atoms with van der Waals surface area (Å²) in [6, 6.07) is 3.82. The van der Waals surface area contributed by atoms with Crippen molar-refractivity contribution in [2.24, 2.45) is 5.92 Å². The molecule has 44 heavy (non-hydrogen) atoms. The zero-order valence-electron chi connectivity index (χ0n) is 26.1. The van der Waals surface area contributed by atoms with E-state index in [0.717, 1.165) is 74.1 Å². The maximum atomic E-state index is 12.4. The van der Waals surface area contributed by atoms with Gasteiger partial charge in [-0.1, -0.05) is 19.8 Å². The minimum Gasteiger partial charge on any atom is -0.508 e. The van der Waals surface area contributed by atoms with Crippen LogP contribution in [-0.4, -0.2) is 82.5 Å². The molecule has 0 bridgehead atoms. The van der Waals surface area contributed by atoms with Crippen LogP contribution in [0.3, 0.4) is 0 Å². The molecule has 10 nitrogen and oxygen atoms in total. The summed E-state index contributed by atoms with van der Waals surface area (Å²) in [7, 11) is 0. The number of aromatic hydroxyl groups is 1. The summed E-state index contributed by atoms with van der Waals surface area (Å²) in [6.45, 7) is 6.34. The maximum absolute atomic E-state index is 12.4. The molecular weight excluding hydrogens is 578 g/mol. The van der Waals surface area contributed by atoms with Gasteiger partial charge in [0.1, 0.15) is 5.75 Å². The zero-order chi connectivity index (χ0) is 31.5. The van der Waals surface area contributed by atoms with Gasteiger partial charge in [-0.25, -0.2) is 0 Å². The van der Waals surface area contributed by atoms with Gasteiger partial charge in [0.25, 0.3) is 11.8 Å². The van der Waals surface area contributed by atoms with Crippen molar-refractivity contribution in [1.82, 2.24) is 25.4 Å². The van der Waals surface area contributed by atoms with E-state index in [1.807, 2.05) is 12.1 Å². The number of phenolic OH excluding ortho intramolecular Hbond substituents is 1. The molecule has 1 atom stereocenters. The number of aromatic amines is 1. The fraction of sp³-hybridized carbons (Fsp3) is 0.576. The Hall–Kier alpha value is -3.31. The van der Waals surface area contributed by atoms with Crippen molar-refractivity contribution in [3.05, 3.63) is 35.4 Å². The molecule has 1 aromatic heterocycles. The fourth-order valence-corrected chi connectivity index (χ4v) is 6.81. The molecule has 0 saturated carbocycles. The van der Waals surface area contributed by atoms with Crippen LogP contribution in [0.5, 0.6) is 5.75 Å². The highest BCUT2D eigenvalue weighted by molar-refractivity contribution is 7.98. The van der Waals surface area contributed by atoms with Gasteiger partial charge in [-0.15, -0.1) is 11.8 Å². The van der Waals surface area contributed by atoms with E-state index in [2.05, 4.69) is 33.7 Å². The Morgan fingerprint density at radius 1 is 0.977 bits per heavy atom. The highest BCUT2D eigenvalue weighted by Gasteiger charge is 2.25. The molecule has 0 unspecified atom stereocenters. The van der Waals surface area contributed by atoms with Crippen molar-refractivity contribution in [3.8, 4) is 5.75 Å². The van der Waals surface area contributed by atoms with E-state index >= 15 is 0 Å². The van der Waals surface area contributed by atoms with Crippen LogP contribution < -0.4 is 10.6 Å². The van der Waals surface area contributed by atoms with E-state index in [0.29, 0.717) is 57.1 Å². The number of nitrogens with zero attached hydrogens (tertiary/aromatic N) is 2. The normalized spacial score (nSPS) is 16.9. The average molecular weight is 626 g/mol. The van der Waals surface area contributed by atoms with E-state index < -0.39 is 0 Å². The molecule has 2 aliphatic heterocycles. The number of amides is 4. The van der Waals surface area contributed by atoms with Crippen molar-refractivity contribution >= 4 is 46.3 Å². The Balaban J connectivity index is 1.03. The summed E-state index contributed by atoms with van der Waals surface area (Å²) in [6.07, 6.45) is 12.2. The summed E-state index contributed by atoms with van der Waals surface area (Å²) in [5.74, 6) is 0.285. The van der Waals surface area contributed by atoms with E-state index in [4.69, 9.17) is 0 Å². The van der Waals surface area contributed by atoms with Crippen LogP contribution in [0, 0.1) is 5.92 Å². The number of aromatic nitrogens is 1. The summed E-state index contributed by atoms with van der Waals surface area (Å²) in [5, 5.41) is 19.1. The molecule has 1 saturated heterocycles. The smallest absolute Gasteiger partial charge is 0.253 e. The van der Waals surface area contributed by atoms with Gasteiger partial charge in [0, 0.05) is 68.7 Å². The first-order chi connectivity index (χ1) is 21.3. The molecule has 240 valence electrons. The van der Waals surface area contributed by atoms with E-state index in [9.17, 15) is 24.3 Å². The number of hydrogen-bond acceptors (Lipinski definition) is 7. The molecule has 2 aromatic rings. The molecule has 1 aromatic carbocycles. The number of nitrogens with one attached hydrogen (secondary N) is 3. The maximum Gasteiger partial charge on any atom is 0.253 e. The van der Waals surface area contributed by atoms with Crippen molar-refractivity contribution < 1.29 is 24.3 Å². The SMILES string of the molecule is CCc1c(SC)[nH]c2c(CN3CC[C@@H](CNC(=O)CCCCCNC(=O)CCCCCN4C(=O)C=CC4=O)C3)c(O)ccc12. The van der Waals surface area contributed by atoms with Gasteiger partial charge < -0.3 is 20.7 Å². The fourth-order valence-electron chi connectivity index (χ4n) is 6.11. The van der Waals surface area contributed by atoms with Crippen LogP contribution in [0.1, 0.15) is 75.8 Å². The number of aryl methyl sites for hydroxylation is 1. The van der Waals surface area contributed by atoms with Gasteiger partial charge in [-0.05, 0) is 74.9 Å². The molecular formula is C33H47N5O5S. The molecule has 2 aliphatic rings. The summed E-state index contributed by atoms with van der Waals surface area (Å²) >= 11 is 1.70. The van der Waals surface area contributed by atoms with Gasteiger partial charge in [0.15, 0.2) is 0 Å². The number of phenols is 1. The number of unbranched alkanes of at least 4 members (excludes halogenated alkanes) is 4. The van der Waals surface area contributed by atoms with Gasteiger partial charge in [0.2, 0.25) is 11.8 Å². The van der Waals surface area contributed by atoms with Gasteiger partial charge in [-0.2, -0.15) is 0 Å². The lowest BCUT2D eigenvalue weighted by molar-refractivity contribution is -0.137. The van der Waals surface area contributed by atoms with Crippen LogP contribution in [0.15, 0.2) is 29.3 Å². The molecule has 11 heteroatoms. The zero-order valence-corrected chi connectivity index (χ0v) is 26.9. The second-order valence-electron chi connectivity index (χ2n) is 11.8. The Morgan fingerprint density at radius 2 is 1.68 bits per heavy atom. The van der Waals surface area contributed by atoms with Crippen molar-refractivity contribution in [2.45, 2.75) is 82.7 Å². The van der Waals surface area contributed by atoms with Crippen molar-refractivity contribution in [3.63, 3.8) is 0 Å². The number of likely N-dealkylation sites (tertiary alicyclic amines) is 1. The third kappa shape index (κ3) is 9.11. The summed E-state index contributed by atoms with van der Waals surface area (Å²) in [5.41, 5.74) is 3.28. The van der Waals surface area contributed by atoms with E-state index in [-0.39, 0.29) is 23.6 Å². The highest BCUT2D eigenvalue weighted by Crippen LogP contribution is 2.35. The molecule has 0 radical (unpaired) electrons.